The van der Waals surface area contributed by atoms with Crippen molar-refractivity contribution in [3.63, 3.8) is 0 Å². The Morgan fingerprint density at radius 2 is 2.14 bits per heavy atom. The summed E-state index contributed by atoms with van der Waals surface area (Å²) in [6.07, 6.45) is 5.49. The van der Waals surface area contributed by atoms with Crippen LogP contribution in [0.5, 0.6) is 5.75 Å². The number of nitrogens with one attached hydrogen (secondary N) is 1. The van der Waals surface area contributed by atoms with Crippen molar-refractivity contribution in [2.24, 2.45) is 5.92 Å². The fraction of sp³-hybridized carbons (Fsp3) is 0.167. The summed E-state index contributed by atoms with van der Waals surface area (Å²) < 4.78 is 0. The summed E-state index contributed by atoms with van der Waals surface area (Å²) in [4.78, 5) is 0. The van der Waals surface area contributed by atoms with Crippen LogP contribution in [0.4, 0.5) is 5.69 Å². The van der Waals surface area contributed by atoms with E-state index in [1.165, 1.54) is 12.0 Å². The summed E-state index contributed by atoms with van der Waals surface area (Å²) in [7, 11) is 0. The molecule has 0 bridgehead atoms. The Labute approximate surface area is 82.6 Å². The third kappa shape index (κ3) is 1.11. The van der Waals surface area contributed by atoms with Crippen molar-refractivity contribution in [2.45, 2.75) is 6.42 Å². The van der Waals surface area contributed by atoms with E-state index in [-0.39, 0.29) is 0 Å². The minimum Gasteiger partial charge on any atom is -0.506 e. The van der Waals surface area contributed by atoms with Crippen LogP contribution >= 0.6 is 0 Å². The summed E-state index contributed by atoms with van der Waals surface area (Å²) in [6, 6.07) is 7.31. The van der Waals surface area contributed by atoms with Gasteiger partial charge in [0.15, 0.2) is 0 Å². The minimum absolute atomic E-state index is 0.304. The topological polar surface area (TPSA) is 32.3 Å². The van der Waals surface area contributed by atoms with Gasteiger partial charge in [-0.05, 0) is 30.2 Å². The Kier molecular flexibility index (Phi) is 1.45. The molecular weight excluding hydrogens is 174 g/mol. The summed E-state index contributed by atoms with van der Waals surface area (Å²) in [5.74, 6) is 0.987. The van der Waals surface area contributed by atoms with Gasteiger partial charge in [0.05, 0.1) is 5.69 Å². The van der Waals surface area contributed by atoms with Gasteiger partial charge in [0, 0.05) is 11.6 Å². The van der Waals surface area contributed by atoms with Gasteiger partial charge >= 0.3 is 0 Å². The smallest absolute Gasteiger partial charge is 0.139 e. The molecule has 1 atom stereocenters. The maximum Gasteiger partial charge on any atom is 0.139 e. The van der Waals surface area contributed by atoms with Crippen molar-refractivity contribution in [3.05, 3.63) is 47.7 Å². The van der Waals surface area contributed by atoms with Gasteiger partial charge in [-0.15, -0.1) is 0 Å². The number of hydrogen-bond donors (Lipinski definition) is 2. The van der Waals surface area contributed by atoms with E-state index >= 15 is 0 Å². The molecule has 0 aliphatic heterocycles. The monoisotopic (exact) mass is 185 g/mol. The van der Waals surface area contributed by atoms with Gasteiger partial charge in [0.2, 0.25) is 0 Å². The number of fused-ring (bicyclic) bond motifs is 1. The molecule has 1 fully saturated rings. The Bertz CT molecular complexity index is 445. The Morgan fingerprint density at radius 1 is 1.29 bits per heavy atom. The molecule has 14 heavy (non-hydrogen) atoms. The predicted octanol–water partition coefficient (Wildman–Crippen LogP) is 2.65. The molecule has 3 rings (SSSR count). The van der Waals surface area contributed by atoms with Crippen LogP contribution in [-0.2, 0) is 0 Å². The molecular formula is C12H11NO. The highest BCUT2D eigenvalue weighted by Gasteiger charge is 2.33. The normalized spacial score (nSPS) is 22.4. The zero-order valence-electron chi connectivity index (χ0n) is 7.70. The van der Waals surface area contributed by atoms with Crippen LogP contribution in [0.1, 0.15) is 6.42 Å². The van der Waals surface area contributed by atoms with E-state index < -0.39 is 0 Å². The molecule has 0 unspecified atom stereocenters. The molecule has 2 N–H and O–H groups in total. The maximum atomic E-state index is 9.56. The third-order valence-corrected chi connectivity index (χ3v) is 2.74. The molecule has 2 aliphatic rings. The van der Waals surface area contributed by atoms with E-state index in [1.54, 1.807) is 6.07 Å². The predicted molar refractivity (Wildman–Crippen MR) is 56.0 cm³/mol. The molecule has 2 aliphatic carbocycles. The zero-order chi connectivity index (χ0) is 9.54. The van der Waals surface area contributed by atoms with Crippen LogP contribution < -0.4 is 5.32 Å². The fourth-order valence-electron chi connectivity index (χ4n) is 1.84. The number of aromatic hydroxyl groups is 1. The standard InChI is InChI=1S/C12H11NO/c14-12-4-2-1-3-11(12)13-10-6-5-8-7-9(8)10/h1-6,8,13-14H,7H2/t8-/m1/s1. The first-order valence-corrected chi connectivity index (χ1v) is 4.81. The summed E-state index contributed by atoms with van der Waals surface area (Å²) in [5, 5.41) is 12.8. The molecule has 0 radical (unpaired) electrons. The van der Waals surface area contributed by atoms with Crippen LogP contribution in [0.3, 0.4) is 0 Å². The van der Waals surface area contributed by atoms with E-state index in [2.05, 4.69) is 17.5 Å². The average molecular weight is 185 g/mol. The van der Waals surface area contributed by atoms with Crippen LogP contribution in [0.2, 0.25) is 0 Å². The number of hydrogen-bond acceptors (Lipinski definition) is 2. The molecule has 1 saturated carbocycles. The molecule has 1 aromatic rings. The number of benzene rings is 1. The van der Waals surface area contributed by atoms with E-state index in [4.69, 9.17) is 0 Å². The lowest BCUT2D eigenvalue weighted by Gasteiger charge is -2.07. The summed E-state index contributed by atoms with van der Waals surface area (Å²) in [6.45, 7) is 0. The van der Waals surface area contributed by atoms with Crippen molar-refractivity contribution in [1.29, 1.82) is 0 Å². The van der Waals surface area contributed by atoms with Gasteiger partial charge in [-0.1, -0.05) is 18.2 Å². The van der Waals surface area contributed by atoms with Crippen LogP contribution in [0.15, 0.2) is 47.7 Å². The Hall–Kier alpha value is -1.70. The second-order valence-electron chi connectivity index (χ2n) is 3.75. The zero-order valence-corrected chi connectivity index (χ0v) is 7.70. The highest BCUT2D eigenvalue weighted by Crippen LogP contribution is 2.46. The first-order valence-electron chi connectivity index (χ1n) is 4.81. The number of rotatable bonds is 2. The van der Waals surface area contributed by atoms with Gasteiger partial charge in [-0.25, -0.2) is 0 Å². The number of allylic oxidation sites excluding steroid dienone is 3. The van der Waals surface area contributed by atoms with Crippen molar-refractivity contribution < 1.29 is 5.11 Å². The summed E-state index contributed by atoms with van der Waals surface area (Å²) in [5.41, 5.74) is 3.41. The van der Waals surface area contributed by atoms with Crippen molar-refractivity contribution in [1.82, 2.24) is 0 Å². The van der Waals surface area contributed by atoms with Crippen LogP contribution in [0, 0.1) is 5.92 Å². The maximum absolute atomic E-state index is 9.56. The van der Waals surface area contributed by atoms with E-state index in [9.17, 15) is 5.11 Å². The lowest BCUT2D eigenvalue weighted by molar-refractivity contribution is 0.477. The second-order valence-corrected chi connectivity index (χ2v) is 3.75. The van der Waals surface area contributed by atoms with Gasteiger partial charge in [0.25, 0.3) is 0 Å². The average Bonchev–Trinajstić information content (AvgIpc) is 2.87. The van der Waals surface area contributed by atoms with Crippen LogP contribution in [0.25, 0.3) is 0 Å². The summed E-state index contributed by atoms with van der Waals surface area (Å²) >= 11 is 0. The SMILES string of the molecule is Oc1ccccc1NC1=C2C[C@H]2C=C1. The molecule has 0 aromatic heterocycles. The number of anilines is 1. The molecule has 70 valence electrons. The largest absolute Gasteiger partial charge is 0.506 e. The molecule has 0 heterocycles. The number of phenols is 1. The first kappa shape index (κ1) is 7.68. The van der Waals surface area contributed by atoms with Crippen molar-refractivity contribution >= 4 is 5.69 Å². The van der Waals surface area contributed by atoms with E-state index in [1.807, 2.05) is 18.2 Å². The van der Waals surface area contributed by atoms with Crippen molar-refractivity contribution in [3.8, 4) is 5.75 Å². The van der Waals surface area contributed by atoms with E-state index in [0.29, 0.717) is 11.7 Å². The lowest BCUT2D eigenvalue weighted by Crippen LogP contribution is -1.95. The highest BCUT2D eigenvalue weighted by molar-refractivity contribution is 5.63. The fourth-order valence-corrected chi connectivity index (χ4v) is 1.84. The minimum atomic E-state index is 0.304. The molecule has 0 amide bonds. The van der Waals surface area contributed by atoms with Gasteiger partial charge in [-0.3, -0.25) is 0 Å². The number of phenolic OH excluding ortho intramolecular Hbond substituents is 1. The van der Waals surface area contributed by atoms with Gasteiger partial charge < -0.3 is 10.4 Å². The van der Waals surface area contributed by atoms with E-state index in [0.717, 1.165) is 11.4 Å². The lowest BCUT2D eigenvalue weighted by atomic mass is 10.2. The highest BCUT2D eigenvalue weighted by atomic mass is 16.3. The van der Waals surface area contributed by atoms with Crippen LogP contribution in [-0.4, -0.2) is 5.11 Å². The number of para-hydroxylation sites is 2. The molecule has 2 heteroatoms. The Morgan fingerprint density at radius 3 is 2.79 bits per heavy atom. The molecule has 2 nitrogen and oxygen atoms in total. The quantitative estimate of drug-likeness (QED) is 0.694. The molecule has 0 saturated heterocycles. The third-order valence-electron chi connectivity index (χ3n) is 2.74. The van der Waals surface area contributed by atoms with Gasteiger partial charge in [0.1, 0.15) is 5.75 Å². The van der Waals surface area contributed by atoms with Gasteiger partial charge in [-0.2, -0.15) is 0 Å². The first-order chi connectivity index (χ1) is 6.84. The molecule has 1 aromatic carbocycles. The Balaban J connectivity index is 1.89. The molecule has 0 spiro atoms. The second kappa shape index (κ2) is 2.64. The van der Waals surface area contributed by atoms with Crippen molar-refractivity contribution in [2.75, 3.05) is 5.32 Å².